The summed E-state index contributed by atoms with van der Waals surface area (Å²) in [6.07, 6.45) is 5.27. The average molecular weight is 314 g/mol. The van der Waals surface area contributed by atoms with E-state index in [1.807, 2.05) is 4.90 Å². The Morgan fingerprint density at radius 2 is 2.23 bits per heavy atom. The Morgan fingerprint density at radius 3 is 3.09 bits per heavy atom. The first-order valence-electron chi connectivity index (χ1n) is 7.15. The molecule has 0 aromatic carbocycles. The number of aromatic nitrogens is 5. The zero-order chi connectivity index (χ0) is 14.9. The van der Waals surface area contributed by atoms with Crippen molar-refractivity contribution in [3.05, 3.63) is 34.7 Å². The standard InChI is InChI=1S/C14H14N6OS/c21-14(10-7-22-8-17-10)20-5-1-2-9(6-20)11-12-13(19-18-11)16-4-3-15-12/h3-4,7-9H,1-2,5-6H2,(H,16,18,19)/t9-/m1/s1. The number of aromatic amines is 1. The van der Waals surface area contributed by atoms with Gasteiger partial charge >= 0.3 is 0 Å². The summed E-state index contributed by atoms with van der Waals surface area (Å²) < 4.78 is 0. The summed E-state index contributed by atoms with van der Waals surface area (Å²) in [5, 5.41) is 9.05. The van der Waals surface area contributed by atoms with Crippen molar-refractivity contribution in [2.75, 3.05) is 13.1 Å². The van der Waals surface area contributed by atoms with Crippen molar-refractivity contribution in [1.82, 2.24) is 30.0 Å². The fraction of sp³-hybridized carbons (Fsp3) is 0.357. The molecule has 1 aliphatic rings. The number of fused-ring (bicyclic) bond motifs is 1. The number of likely N-dealkylation sites (tertiary alicyclic amines) is 1. The van der Waals surface area contributed by atoms with Crippen molar-refractivity contribution < 1.29 is 4.79 Å². The number of carbonyl (C=O) groups excluding carboxylic acids is 1. The number of nitrogens with zero attached hydrogens (tertiary/aromatic N) is 5. The van der Waals surface area contributed by atoms with E-state index in [-0.39, 0.29) is 11.8 Å². The molecule has 4 heterocycles. The molecular formula is C14H14N6OS. The molecule has 3 aromatic heterocycles. The molecule has 3 aromatic rings. The molecule has 0 aliphatic carbocycles. The zero-order valence-electron chi connectivity index (χ0n) is 11.8. The fourth-order valence-electron chi connectivity index (χ4n) is 2.93. The normalized spacial score (nSPS) is 18.7. The summed E-state index contributed by atoms with van der Waals surface area (Å²) in [5.74, 6) is 0.207. The van der Waals surface area contributed by atoms with Gasteiger partial charge in [-0.15, -0.1) is 11.3 Å². The van der Waals surface area contributed by atoms with Crippen LogP contribution in [0.4, 0.5) is 0 Å². The molecule has 0 saturated carbocycles. The second kappa shape index (κ2) is 5.45. The highest BCUT2D eigenvalue weighted by atomic mass is 32.1. The van der Waals surface area contributed by atoms with Gasteiger partial charge < -0.3 is 4.90 Å². The number of hydrogen-bond acceptors (Lipinski definition) is 6. The smallest absolute Gasteiger partial charge is 0.273 e. The van der Waals surface area contributed by atoms with Crippen LogP contribution in [-0.2, 0) is 0 Å². The number of rotatable bonds is 2. The lowest BCUT2D eigenvalue weighted by Crippen LogP contribution is -2.39. The van der Waals surface area contributed by atoms with E-state index in [2.05, 4.69) is 25.1 Å². The van der Waals surface area contributed by atoms with Crippen LogP contribution in [0.2, 0.25) is 0 Å². The van der Waals surface area contributed by atoms with E-state index in [0.717, 1.165) is 30.6 Å². The molecule has 1 aliphatic heterocycles. The lowest BCUT2D eigenvalue weighted by molar-refractivity contribution is 0.0701. The van der Waals surface area contributed by atoms with Crippen molar-refractivity contribution in [2.24, 2.45) is 0 Å². The summed E-state index contributed by atoms with van der Waals surface area (Å²) >= 11 is 1.44. The number of nitrogens with one attached hydrogen (secondary N) is 1. The number of amides is 1. The van der Waals surface area contributed by atoms with Crippen molar-refractivity contribution in [2.45, 2.75) is 18.8 Å². The predicted molar refractivity (Wildman–Crippen MR) is 81.7 cm³/mol. The maximum atomic E-state index is 12.5. The molecule has 1 N–H and O–H groups in total. The molecule has 0 radical (unpaired) electrons. The molecule has 1 atom stereocenters. The van der Waals surface area contributed by atoms with Gasteiger partial charge in [-0.05, 0) is 12.8 Å². The summed E-state index contributed by atoms with van der Waals surface area (Å²) in [6, 6.07) is 0. The van der Waals surface area contributed by atoms with Crippen LogP contribution in [0.3, 0.4) is 0 Å². The Hall–Kier alpha value is -2.35. The Kier molecular flexibility index (Phi) is 3.30. The minimum absolute atomic E-state index is 0.000792. The molecule has 7 nitrogen and oxygen atoms in total. The third kappa shape index (κ3) is 2.25. The number of piperidine rings is 1. The van der Waals surface area contributed by atoms with Crippen LogP contribution < -0.4 is 0 Å². The molecule has 1 fully saturated rings. The highest BCUT2D eigenvalue weighted by molar-refractivity contribution is 7.07. The third-order valence-electron chi connectivity index (χ3n) is 3.98. The third-order valence-corrected chi connectivity index (χ3v) is 4.57. The maximum Gasteiger partial charge on any atom is 0.273 e. The molecule has 8 heteroatoms. The van der Waals surface area contributed by atoms with Crippen LogP contribution >= 0.6 is 11.3 Å². The Labute approximate surface area is 130 Å². The summed E-state index contributed by atoms with van der Waals surface area (Å²) in [5.41, 5.74) is 4.61. The van der Waals surface area contributed by atoms with Crippen molar-refractivity contribution in [3.8, 4) is 0 Å². The largest absolute Gasteiger partial charge is 0.337 e. The van der Waals surface area contributed by atoms with Crippen molar-refractivity contribution in [1.29, 1.82) is 0 Å². The van der Waals surface area contributed by atoms with Gasteiger partial charge in [0.05, 0.1) is 11.2 Å². The molecule has 0 unspecified atom stereocenters. The van der Waals surface area contributed by atoms with Gasteiger partial charge in [-0.1, -0.05) is 0 Å². The first kappa shape index (κ1) is 13.3. The second-order valence-corrected chi connectivity index (χ2v) is 6.05. The highest BCUT2D eigenvalue weighted by Gasteiger charge is 2.28. The quantitative estimate of drug-likeness (QED) is 0.779. The van der Waals surface area contributed by atoms with Gasteiger partial charge in [0, 0.05) is 36.8 Å². The molecular weight excluding hydrogens is 300 g/mol. The molecule has 22 heavy (non-hydrogen) atoms. The lowest BCUT2D eigenvalue weighted by Gasteiger charge is -2.31. The van der Waals surface area contributed by atoms with Crippen molar-refractivity contribution >= 4 is 28.4 Å². The van der Waals surface area contributed by atoms with Crippen LogP contribution in [0, 0.1) is 0 Å². The van der Waals surface area contributed by atoms with E-state index in [1.54, 1.807) is 23.3 Å². The van der Waals surface area contributed by atoms with E-state index in [4.69, 9.17) is 0 Å². The summed E-state index contributed by atoms with van der Waals surface area (Å²) in [6.45, 7) is 1.43. The van der Waals surface area contributed by atoms with Crippen LogP contribution in [0.5, 0.6) is 0 Å². The Bertz CT molecular complexity index is 799. The van der Waals surface area contributed by atoms with E-state index in [0.29, 0.717) is 17.9 Å². The van der Waals surface area contributed by atoms with Gasteiger partial charge in [0.25, 0.3) is 5.91 Å². The van der Waals surface area contributed by atoms with Gasteiger partial charge in [0.2, 0.25) is 0 Å². The first-order chi connectivity index (χ1) is 10.8. The maximum absolute atomic E-state index is 12.5. The molecule has 1 saturated heterocycles. The minimum Gasteiger partial charge on any atom is -0.337 e. The predicted octanol–water partition coefficient (Wildman–Crippen LogP) is 1.83. The van der Waals surface area contributed by atoms with Gasteiger partial charge in [0.15, 0.2) is 5.65 Å². The van der Waals surface area contributed by atoms with E-state index in [9.17, 15) is 4.79 Å². The molecule has 0 bridgehead atoms. The van der Waals surface area contributed by atoms with E-state index < -0.39 is 0 Å². The lowest BCUT2D eigenvalue weighted by atomic mass is 9.94. The molecule has 1 amide bonds. The van der Waals surface area contributed by atoms with Crippen LogP contribution in [0.25, 0.3) is 11.2 Å². The van der Waals surface area contributed by atoms with Crippen molar-refractivity contribution in [3.63, 3.8) is 0 Å². The summed E-state index contributed by atoms with van der Waals surface area (Å²) in [4.78, 5) is 27.0. The number of hydrogen-bond donors (Lipinski definition) is 1. The van der Waals surface area contributed by atoms with Crippen LogP contribution in [0.15, 0.2) is 23.3 Å². The fourth-order valence-corrected chi connectivity index (χ4v) is 3.46. The Morgan fingerprint density at radius 1 is 1.32 bits per heavy atom. The average Bonchev–Trinajstić information content (AvgIpc) is 3.24. The Balaban J connectivity index is 1.60. The van der Waals surface area contributed by atoms with E-state index >= 15 is 0 Å². The number of thiazole rings is 1. The molecule has 0 spiro atoms. The second-order valence-electron chi connectivity index (χ2n) is 5.33. The summed E-state index contributed by atoms with van der Waals surface area (Å²) in [7, 11) is 0. The van der Waals surface area contributed by atoms with Crippen LogP contribution in [0.1, 0.15) is 34.9 Å². The minimum atomic E-state index is 0.000792. The number of H-pyrrole nitrogens is 1. The van der Waals surface area contributed by atoms with Gasteiger partial charge in [-0.2, -0.15) is 5.10 Å². The van der Waals surface area contributed by atoms with Crippen LogP contribution in [-0.4, -0.2) is 49.0 Å². The van der Waals surface area contributed by atoms with E-state index in [1.165, 1.54) is 11.3 Å². The van der Waals surface area contributed by atoms with Gasteiger partial charge in [-0.25, -0.2) is 15.0 Å². The molecule has 112 valence electrons. The monoisotopic (exact) mass is 314 g/mol. The van der Waals surface area contributed by atoms with Gasteiger partial charge in [0.1, 0.15) is 11.2 Å². The zero-order valence-corrected chi connectivity index (χ0v) is 12.6. The SMILES string of the molecule is O=C(c1cscn1)N1CCC[C@@H](c2[nH]nc3nccnc23)C1. The first-order valence-corrected chi connectivity index (χ1v) is 8.09. The highest BCUT2D eigenvalue weighted by Crippen LogP contribution is 2.29. The number of carbonyl (C=O) groups is 1. The molecule has 4 rings (SSSR count). The topological polar surface area (TPSA) is 87.7 Å². The van der Waals surface area contributed by atoms with Gasteiger partial charge in [-0.3, -0.25) is 9.89 Å².